The van der Waals surface area contributed by atoms with E-state index in [-0.39, 0.29) is 6.61 Å². The number of aliphatic hydroxyl groups excluding tert-OH is 1. The Bertz CT molecular complexity index is 436. The van der Waals surface area contributed by atoms with E-state index >= 15 is 0 Å². The van der Waals surface area contributed by atoms with E-state index in [2.05, 4.69) is 36.2 Å². The number of nitrogens with one attached hydrogen (secondary N) is 1. The zero-order valence-electron chi connectivity index (χ0n) is 12.4. The summed E-state index contributed by atoms with van der Waals surface area (Å²) >= 11 is 6.14. The molecule has 1 saturated heterocycles. The highest BCUT2D eigenvalue weighted by Gasteiger charge is 2.21. The van der Waals surface area contributed by atoms with Crippen LogP contribution in [0.5, 0.6) is 0 Å². The van der Waals surface area contributed by atoms with Crippen molar-refractivity contribution in [3.8, 4) is 0 Å². The van der Waals surface area contributed by atoms with Gasteiger partial charge in [0.05, 0.1) is 0 Å². The van der Waals surface area contributed by atoms with Crippen molar-refractivity contribution in [2.75, 3.05) is 24.6 Å². The monoisotopic (exact) mass is 296 g/mol. The van der Waals surface area contributed by atoms with E-state index in [1.165, 1.54) is 11.3 Å². The van der Waals surface area contributed by atoms with Crippen LogP contribution in [0.2, 0.25) is 5.02 Å². The van der Waals surface area contributed by atoms with Crippen molar-refractivity contribution in [3.63, 3.8) is 0 Å². The first kappa shape index (κ1) is 15.6. The van der Waals surface area contributed by atoms with E-state index in [4.69, 9.17) is 11.6 Å². The van der Waals surface area contributed by atoms with Gasteiger partial charge in [-0.3, -0.25) is 0 Å². The summed E-state index contributed by atoms with van der Waals surface area (Å²) in [6, 6.07) is 6.57. The highest BCUT2D eigenvalue weighted by molar-refractivity contribution is 6.30. The fourth-order valence-electron chi connectivity index (χ4n) is 2.75. The van der Waals surface area contributed by atoms with Crippen molar-refractivity contribution in [2.24, 2.45) is 5.92 Å². The van der Waals surface area contributed by atoms with Crippen LogP contribution in [0, 0.1) is 5.92 Å². The predicted molar refractivity (Wildman–Crippen MR) is 85.5 cm³/mol. The first-order valence-corrected chi connectivity index (χ1v) is 7.85. The minimum Gasteiger partial charge on any atom is -0.396 e. The van der Waals surface area contributed by atoms with Crippen molar-refractivity contribution in [3.05, 3.63) is 28.8 Å². The Labute approximate surface area is 126 Å². The molecule has 112 valence electrons. The minimum atomic E-state index is 0.281. The largest absolute Gasteiger partial charge is 0.396 e. The fourth-order valence-corrected chi connectivity index (χ4v) is 2.95. The molecule has 0 aliphatic carbocycles. The summed E-state index contributed by atoms with van der Waals surface area (Å²) in [4.78, 5) is 2.39. The molecule has 1 fully saturated rings. The van der Waals surface area contributed by atoms with Crippen molar-refractivity contribution in [1.82, 2.24) is 5.32 Å². The number of halogens is 1. The second-order valence-electron chi connectivity index (χ2n) is 5.95. The Morgan fingerprint density at radius 2 is 2.25 bits per heavy atom. The molecule has 3 nitrogen and oxygen atoms in total. The summed E-state index contributed by atoms with van der Waals surface area (Å²) in [5, 5.41) is 13.6. The molecule has 0 amide bonds. The molecule has 1 heterocycles. The van der Waals surface area contributed by atoms with Crippen LogP contribution < -0.4 is 10.2 Å². The fraction of sp³-hybridized carbons (Fsp3) is 0.625. The van der Waals surface area contributed by atoms with Crippen LogP contribution in [-0.2, 0) is 6.54 Å². The molecule has 1 atom stereocenters. The summed E-state index contributed by atoms with van der Waals surface area (Å²) in [7, 11) is 0. The molecule has 0 radical (unpaired) electrons. The lowest BCUT2D eigenvalue weighted by Crippen LogP contribution is -2.37. The van der Waals surface area contributed by atoms with Gasteiger partial charge in [0.1, 0.15) is 0 Å². The van der Waals surface area contributed by atoms with Crippen molar-refractivity contribution in [1.29, 1.82) is 0 Å². The van der Waals surface area contributed by atoms with E-state index in [0.717, 1.165) is 37.5 Å². The maximum Gasteiger partial charge on any atom is 0.0476 e. The second-order valence-corrected chi connectivity index (χ2v) is 6.38. The topological polar surface area (TPSA) is 35.5 Å². The Kier molecular flexibility index (Phi) is 5.70. The smallest absolute Gasteiger partial charge is 0.0476 e. The minimum absolute atomic E-state index is 0.281. The van der Waals surface area contributed by atoms with Crippen LogP contribution in [0.3, 0.4) is 0 Å². The Morgan fingerprint density at radius 3 is 2.95 bits per heavy atom. The summed E-state index contributed by atoms with van der Waals surface area (Å²) in [5.74, 6) is 0.394. The molecular weight excluding hydrogens is 272 g/mol. The van der Waals surface area contributed by atoms with Gasteiger partial charge in [0.25, 0.3) is 0 Å². The number of aliphatic hydroxyl groups is 1. The van der Waals surface area contributed by atoms with Crippen LogP contribution in [0.15, 0.2) is 18.2 Å². The maximum absolute atomic E-state index is 9.39. The molecule has 2 N–H and O–H groups in total. The number of rotatable bonds is 5. The van der Waals surface area contributed by atoms with Crippen molar-refractivity contribution >= 4 is 17.3 Å². The molecule has 1 aliphatic rings. The molecule has 20 heavy (non-hydrogen) atoms. The first-order valence-electron chi connectivity index (χ1n) is 7.47. The lowest BCUT2D eigenvalue weighted by molar-refractivity contribution is 0.208. The standard InChI is InChI=1S/C16H25ClN2O/c1-12(2)18-9-14-8-15(17)5-6-16(14)19-7-3-4-13(10-19)11-20/h5-6,8,12-13,18,20H,3-4,7,9-11H2,1-2H3. The van der Waals surface area contributed by atoms with Gasteiger partial charge < -0.3 is 15.3 Å². The van der Waals surface area contributed by atoms with Gasteiger partial charge in [-0.2, -0.15) is 0 Å². The SMILES string of the molecule is CC(C)NCc1cc(Cl)ccc1N1CCCC(CO)C1. The summed E-state index contributed by atoms with van der Waals surface area (Å²) in [6.07, 6.45) is 2.27. The van der Waals surface area contributed by atoms with E-state index < -0.39 is 0 Å². The zero-order valence-corrected chi connectivity index (χ0v) is 13.2. The van der Waals surface area contributed by atoms with Crippen LogP contribution in [0.1, 0.15) is 32.3 Å². The van der Waals surface area contributed by atoms with Crippen LogP contribution in [0.4, 0.5) is 5.69 Å². The van der Waals surface area contributed by atoms with Gasteiger partial charge in [0, 0.05) is 43.0 Å². The van der Waals surface area contributed by atoms with E-state index in [9.17, 15) is 5.11 Å². The van der Waals surface area contributed by atoms with Crippen molar-refractivity contribution < 1.29 is 5.11 Å². The third-order valence-corrected chi connectivity index (χ3v) is 4.10. The molecule has 2 rings (SSSR count). The second kappa shape index (κ2) is 7.30. The Hall–Kier alpha value is -0.770. The Balaban J connectivity index is 2.16. The molecule has 0 aromatic heterocycles. The molecule has 0 bridgehead atoms. The third-order valence-electron chi connectivity index (χ3n) is 3.86. The van der Waals surface area contributed by atoms with Crippen molar-refractivity contribution in [2.45, 2.75) is 39.3 Å². The third kappa shape index (κ3) is 4.11. The highest BCUT2D eigenvalue weighted by atomic mass is 35.5. The average molecular weight is 297 g/mol. The number of hydrogen-bond acceptors (Lipinski definition) is 3. The van der Waals surface area contributed by atoms with Gasteiger partial charge in [-0.05, 0) is 42.5 Å². The highest BCUT2D eigenvalue weighted by Crippen LogP contribution is 2.28. The Morgan fingerprint density at radius 1 is 1.45 bits per heavy atom. The van der Waals surface area contributed by atoms with Gasteiger partial charge in [-0.1, -0.05) is 25.4 Å². The number of nitrogens with zero attached hydrogens (tertiary/aromatic N) is 1. The molecule has 0 saturated carbocycles. The summed E-state index contributed by atoms with van der Waals surface area (Å²) < 4.78 is 0. The van der Waals surface area contributed by atoms with Gasteiger partial charge >= 0.3 is 0 Å². The van der Waals surface area contributed by atoms with Gasteiger partial charge in [0.2, 0.25) is 0 Å². The molecule has 1 unspecified atom stereocenters. The van der Waals surface area contributed by atoms with Crippen LogP contribution in [0.25, 0.3) is 0 Å². The molecule has 1 aromatic carbocycles. The summed E-state index contributed by atoms with van der Waals surface area (Å²) in [5.41, 5.74) is 2.49. The van der Waals surface area contributed by atoms with E-state index in [0.29, 0.717) is 12.0 Å². The lowest BCUT2D eigenvalue weighted by Gasteiger charge is -2.35. The quantitative estimate of drug-likeness (QED) is 0.877. The molecule has 1 aliphatic heterocycles. The van der Waals surface area contributed by atoms with Gasteiger partial charge in [-0.15, -0.1) is 0 Å². The number of benzene rings is 1. The zero-order chi connectivity index (χ0) is 14.5. The first-order chi connectivity index (χ1) is 9.60. The summed E-state index contributed by atoms with van der Waals surface area (Å²) in [6.45, 7) is 7.40. The number of hydrogen-bond donors (Lipinski definition) is 2. The molecule has 4 heteroatoms. The van der Waals surface area contributed by atoms with Gasteiger partial charge in [-0.25, -0.2) is 0 Å². The molecule has 0 spiro atoms. The van der Waals surface area contributed by atoms with Crippen LogP contribution in [-0.4, -0.2) is 30.8 Å². The number of anilines is 1. The van der Waals surface area contributed by atoms with Gasteiger partial charge in [0.15, 0.2) is 0 Å². The van der Waals surface area contributed by atoms with E-state index in [1.807, 2.05) is 6.07 Å². The average Bonchev–Trinajstić information content (AvgIpc) is 2.45. The lowest BCUT2D eigenvalue weighted by atomic mass is 9.97. The molecule has 1 aromatic rings. The number of piperidine rings is 1. The van der Waals surface area contributed by atoms with E-state index in [1.54, 1.807) is 0 Å². The van der Waals surface area contributed by atoms with Crippen LogP contribution >= 0.6 is 11.6 Å². The molecular formula is C16H25ClN2O. The maximum atomic E-state index is 9.39. The normalized spacial score (nSPS) is 19.6. The predicted octanol–water partition coefficient (Wildman–Crippen LogP) is 3.05.